The zero-order valence-electron chi connectivity index (χ0n) is 18.7. The molecule has 3 saturated heterocycles. The molecule has 0 spiro atoms. The predicted octanol–water partition coefficient (Wildman–Crippen LogP) is 3.18. The number of ether oxygens (including phenoxy) is 1. The number of thioether (sulfide) groups is 1. The fourth-order valence-electron chi connectivity index (χ4n) is 4.60. The van der Waals surface area contributed by atoms with E-state index < -0.39 is 0 Å². The first-order valence-electron chi connectivity index (χ1n) is 11.1. The Morgan fingerprint density at radius 1 is 1.28 bits per heavy atom. The number of anilines is 1. The number of nitrogens with zero attached hydrogens (tertiary/aromatic N) is 4. The Labute approximate surface area is 198 Å². The molecule has 0 saturated carbocycles. The van der Waals surface area contributed by atoms with Crippen molar-refractivity contribution in [2.24, 2.45) is 13.0 Å². The van der Waals surface area contributed by atoms with Crippen LogP contribution in [0.15, 0.2) is 9.70 Å². The van der Waals surface area contributed by atoms with Crippen LogP contribution < -0.4 is 10.5 Å². The lowest BCUT2D eigenvalue weighted by Gasteiger charge is -2.34. The highest BCUT2D eigenvalue weighted by Gasteiger charge is 2.35. The van der Waals surface area contributed by atoms with E-state index in [2.05, 4.69) is 17.9 Å². The molecule has 1 amide bonds. The average molecular weight is 473 g/mol. The van der Waals surface area contributed by atoms with Crippen molar-refractivity contribution >= 4 is 46.1 Å². The van der Waals surface area contributed by atoms with E-state index in [4.69, 9.17) is 17.0 Å². The number of aromatic nitrogens is 1. The van der Waals surface area contributed by atoms with E-state index in [1.807, 2.05) is 6.08 Å². The lowest BCUT2D eigenvalue weighted by molar-refractivity contribution is -0.123. The highest BCUT2D eigenvalue weighted by Crippen LogP contribution is 2.37. The minimum absolute atomic E-state index is 0.0206. The molecule has 0 aromatic carbocycles. The quantitative estimate of drug-likeness (QED) is 0.492. The molecular weight excluding hydrogens is 444 g/mol. The Bertz CT molecular complexity index is 1070. The van der Waals surface area contributed by atoms with Crippen molar-refractivity contribution in [3.63, 3.8) is 0 Å². The molecule has 4 rings (SSSR count). The molecule has 0 radical (unpaired) electrons. The summed E-state index contributed by atoms with van der Waals surface area (Å²) >= 11 is 6.77. The summed E-state index contributed by atoms with van der Waals surface area (Å²) in [7, 11) is 1.70. The molecular formula is C23H28N4O3S2. The normalized spacial score (nSPS) is 23.4. The van der Waals surface area contributed by atoms with Crippen molar-refractivity contribution in [2.45, 2.75) is 45.6 Å². The zero-order valence-corrected chi connectivity index (χ0v) is 20.4. The Kier molecular flexibility index (Phi) is 6.75. The van der Waals surface area contributed by atoms with E-state index in [9.17, 15) is 14.9 Å². The second-order valence-corrected chi connectivity index (χ2v) is 10.5. The molecule has 170 valence electrons. The molecule has 0 N–H and O–H groups in total. The van der Waals surface area contributed by atoms with E-state index in [1.165, 1.54) is 11.8 Å². The van der Waals surface area contributed by atoms with Gasteiger partial charge in [0.2, 0.25) is 0 Å². The van der Waals surface area contributed by atoms with Gasteiger partial charge < -0.3 is 9.64 Å². The standard InChI is InChI=1S/C23H28N4O3S2/c1-14-6-8-26(9-7-14)20-17(15(2)18(12-24)21(28)25(20)3)11-19-22(29)27(23(31)32-19)13-16-5-4-10-30-16/h11,14,16H,4-10,13H2,1-3H3/b19-11-/t16-/m1/s1. The van der Waals surface area contributed by atoms with Gasteiger partial charge in [-0.3, -0.25) is 19.1 Å². The summed E-state index contributed by atoms with van der Waals surface area (Å²) in [6, 6.07) is 2.06. The van der Waals surface area contributed by atoms with Gasteiger partial charge in [-0.15, -0.1) is 0 Å². The van der Waals surface area contributed by atoms with E-state index in [0.29, 0.717) is 27.3 Å². The number of carbonyl (C=O) groups excluding carboxylic acids is 1. The maximum absolute atomic E-state index is 13.2. The van der Waals surface area contributed by atoms with Crippen LogP contribution in [0.2, 0.25) is 0 Å². The van der Waals surface area contributed by atoms with Gasteiger partial charge in [0.1, 0.15) is 21.8 Å². The molecule has 0 bridgehead atoms. The predicted molar refractivity (Wildman–Crippen MR) is 131 cm³/mol. The number of nitriles is 1. The van der Waals surface area contributed by atoms with Crippen molar-refractivity contribution in [2.75, 3.05) is 31.1 Å². The summed E-state index contributed by atoms with van der Waals surface area (Å²) in [4.78, 5) is 30.4. The fourth-order valence-corrected chi connectivity index (χ4v) is 5.85. The monoisotopic (exact) mass is 472 g/mol. The first-order chi connectivity index (χ1) is 15.3. The number of carbonyl (C=O) groups is 1. The summed E-state index contributed by atoms with van der Waals surface area (Å²) < 4.78 is 7.76. The van der Waals surface area contributed by atoms with Crippen molar-refractivity contribution in [3.05, 3.63) is 31.9 Å². The van der Waals surface area contributed by atoms with Gasteiger partial charge in [-0.1, -0.05) is 30.9 Å². The van der Waals surface area contributed by atoms with Gasteiger partial charge in [0.15, 0.2) is 0 Å². The van der Waals surface area contributed by atoms with Gasteiger partial charge in [-0.05, 0) is 50.2 Å². The van der Waals surface area contributed by atoms with Crippen LogP contribution in [-0.2, 0) is 16.6 Å². The topological polar surface area (TPSA) is 78.6 Å². The smallest absolute Gasteiger partial charge is 0.270 e. The molecule has 9 heteroatoms. The fraction of sp³-hybridized carbons (Fsp3) is 0.565. The van der Waals surface area contributed by atoms with Crippen LogP contribution in [0.1, 0.15) is 49.3 Å². The number of amides is 1. The first kappa shape index (κ1) is 23.0. The number of hydrogen-bond acceptors (Lipinski definition) is 7. The van der Waals surface area contributed by atoms with Crippen LogP contribution in [0, 0.1) is 24.2 Å². The number of thiocarbonyl (C=S) groups is 1. The summed E-state index contributed by atoms with van der Waals surface area (Å²) in [6.45, 7) is 6.88. The largest absolute Gasteiger partial charge is 0.376 e. The highest BCUT2D eigenvalue weighted by molar-refractivity contribution is 8.26. The summed E-state index contributed by atoms with van der Waals surface area (Å²) in [5.74, 6) is 1.27. The molecule has 3 fully saturated rings. The summed E-state index contributed by atoms with van der Waals surface area (Å²) in [5, 5.41) is 9.63. The molecule has 32 heavy (non-hydrogen) atoms. The van der Waals surface area contributed by atoms with Gasteiger partial charge >= 0.3 is 0 Å². The Morgan fingerprint density at radius 3 is 2.62 bits per heavy atom. The second kappa shape index (κ2) is 9.38. The number of rotatable bonds is 4. The van der Waals surface area contributed by atoms with Crippen molar-refractivity contribution in [1.82, 2.24) is 9.47 Å². The molecule has 4 heterocycles. The van der Waals surface area contributed by atoms with Gasteiger partial charge in [-0.25, -0.2) is 0 Å². The van der Waals surface area contributed by atoms with Crippen LogP contribution in [0.3, 0.4) is 0 Å². The maximum Gasteiger partial charge on any atom is 0.270 e. The number of hydrogen-bond donors (Lipinski definition) is 0. The van der Waals surface area contributed by atoms with Crippen LogP contribution in [0.5, 0.6) is 0 Å². The molecule has 3 aliphatic rings. The van der Waals surface area contributed by atoms with Crippen molar-refractivity contribution < 1.29 is 9.53 Å². The van der Waals surface area contributed by atoms with Gasteiger partial charge in [0, 0.05) is 32.3 Å². The van der Waals surface area contributed by atoms with Crippen molar-refractivity contribution in [1.29, 1.82) is 5.26 Å². The van der Waals surface area contributed by atoms with E-state index in [1.54, 1.807) is 23.4 Å². The molecule has 3 aliphatic heterocycles. The Balaban J connectivity index is 1.75. The number of pyridine rings is 1. The third-order valence-corrected chi connectivity index (χ3v) is 7.99. The zero-order chi connectivity index (χ0) is 23.0. The maximum atomic E-state index is 13.2. The van der Waals surface area contributed by atoms with Crippen LogP contribution >= 0.6 is 24.0 Å². The third-order valence-electron chi connectivity index (χ3n) is 6.61. The molecule has 1 aromatic heterocycles. The van der Waals surface area contributed by atoms with Gasteiger partial charge in [-0.2, -0.15) is 5.26 Å². The number of piperidine rings is 1. The SMILES string of the molecule is Cc1c(/C=C2\SC(=S)N(C[C@H]3CCCO3)C2=O)c(N2CCC(C)CC2)n(C)c(=O)c1C#N. The third kappa shape index (κ3) is 4.24. The van der Waals surface area contributed by atoms with Gasteiger partial charge in [0.25, 0.3) is 11.5 Å². The lowest BCUT2D eigenvalue weighted by Crippen LogP contribution is -2.38. The van der Waals surface area contributed by atoms with Crippen LogP contribution in [0.4, 0.5) is 5.82 Å². The summed E-state index contributed by atoms with van der Waals surface area (Å²) in [6.07, 6.45) is 5.84. The van der Waals surface area contributed by atoms with Crippen molar-refractivity contribution in [3.8, 4) is 6.07 Å². The van der Waals surface area contributed by atoms with Crippen LogP contribution in [0.25, 0.3) is 6.08 Å². The Morgan fingerprint density at radius 2 is 2.00 bits per heavy atom. The Hall–Kier alpha value is -2.15. The lowest BCUT2D eigenvalue weighted by atomic mass is 9.97. The first-order valence-corrected chi connectivity index (χ1v) is 12.3. The molecule has 0 unspecified atom stereocenters. The highest BCUT2D eigenvalue weighted by atomic mass is 32.2. The van der Waals surface area contributed by atoms with E-state index >= 15 is 0 Å². The molecule has 1 atom stereocenters. The minimum atomic E-state index is -0.304. The van der Waals surface area contributed by atoms with E-state index in [-0.39, 0.29) is 23.1 Å². The molecule has 0 aliphatic carbocycles. The molecule has 7 nitrogen and oxygen atoms in total. The average Bonchev–Trinajstić information content (AvgIpc) is 3.38. The second-order valence-electron chi connectivity index (χ2n) is 8.81. The van der Waals surface area contributed by atoms with Crippen LogP contribution in [-0.4, -0.2) is 52.0 Å². The molecule has 1 aromatic rings. The van der Waals surface area contributed by atoms with E-state index in [0.717, 1.165) is 56.8 Å². The minimum Gasteiger partial charge on any atom is -0.376 e. The summed E-state index contributed by atoms with van der Waals surface area (Å²) in [5.41, 5.74) is 1.16. The van der Waals surface area contributed by atoms with Gasteiger partial charge in [0.05, 0.1) is 17.6 Å².